The number of hydrogen-bond donors (Lipinski definition) is 2. The zero-order valence-corrected chi connectivity index (χ0v) is 14.9. The summed E-state index contributed by atoms with van der Waals surface area (Å²) < 4.78 is 6.37. The van der Waals surface area contributed by atoms with Crippen molar-refractivity contribution in [3.8, 4) is 0 Å². The summed E-state index contributed by atoms with van der Waals surface area (Å²) in [4.78, 5) is 2.44. The number of hydrogen-bond acceptors (Lipinski definition) is 4. The quantitative estimate of drug-likeness (QED) is 0.685. The smallest absolute Gasteiger partial charge is 0.0790 e. The molecule has 0 aromatic rings. The molecule has 1 aliphatic rings. The summed E-state index contributed by atoms with van der Waals surface area (Å²) >= 11 is 0. The van der Waals surface area contributed by atoms with Crippen LogP contribution in [-0.2, 0) is 4.74 Å². The van der Waals surface area contributed by atoms with E-state index in [1.165, 1.54) is 0 Å². The summed E-state index contributed by atoms with van der Waals surface area (Å²) in [5.74, 6) is 0.456. The van der Waals surface area contributed by atoms with Gasteiger partial charge in [0.2, 0.25) is 0 Å². The SMILES string of the molecule is CCCNC1C(CN(CC)CCCO)C(C)(C)OC1(C)C. The van der Waals surface area contributed by atoms with Crippen LogP contribution in [0.1, 0.15) is 54.4 Å². The van der Waals surface area contributed by atoms with Crippen LogP contribution in [0.3, 0.4) is 0 Å². The first kappa shape index (κ1) is 18.9. The second-order valence-electron chi connectivity index (χ2n) is 7.32. The number of ether oxygens (including phenoxy) is 1. The molecule has 2 atom stereocenters. The molecule has 1 fully saturated rings. The third kappa shape index (κ3) is 4.92. The Morgan fingerprint density at radius 2 is 1.81 bits per heavy atom. The maximum absolute atomic E-state index is 9.06. The van der Waals surface area contributed by atoms with Crippen molar-refractivity contribution in [3.05, 3.63) is 0 Å². The van der Waals surface area contributed by atoms with Crippen molar-refractivity contribution in [1.82, 2.24) is 10.2 Å². The lowest BCUT2D eigenvalue weighted by Crippen LogP contribution is -2.51. The van der Waals surface area contributed by atoms with E-state index in [4.69, 9.17) is 9.84 Å². The minimum atomic E-state index is -0.139. The zero-order chi connectivity index (χ0) is 16.1. The monoisotopic (exact) mass is 300 g/mol. The summed E-state index contributed by atoms with van der Waals surface area (Å²) in [6, 6.07) is 0.371. The molecular weight excluding hydrogens is 264 g/mol. The predicted molar refractivity (Wildman–Crippen MR) is 88.6 cm³/mol. The average Bonchev–Trinajstić information content (AvgIpc) is 2.56. The Kier molecular flexibility index (Phi) is 7.11. The van der Waals surface area contributed by atoms with Crippen LogP contribution in [0.5, 0.6) is 0 Å². The van der Waals surface area contributed by atoms with Crippen molar-refractivity contribution in [1.29, 1.82) is 0 Å². The molecule has 1 heterocycles. The van der Waals surface area contributed by atoms with Crippen LogP contribution in [0.4, 0.5) is 0 Å². The molecule has 21 heavy (non-hydrogen) atoms. The van der Waals surface area contributed by atoms with Crippen LogP contribution in [0.2, 0.25) is 0 Å². The van der Waals surface area contributed by atoms with E-state index >= 15 is 0 Å². The molecule has 0 saturated carbocycles. The molecule has 2 unspecified atom stereocenters. The van der Waals surface area contributed by atoms with Gasteiger partial charge in [0.1, 0.15) is 0 Å². The predicted octanol–water partition coefficient (Wildman–Crippen LogP) is 2.26. The van der Waals surface area contributed by atoms with Crippen molar-refractivity contribution in [2.75, 3.05) is 32.8 Å². The summed E-state index contributed by atoms with van der Waals surface area (Å²) in [7, 11) is 0. The number of nitrogens with zero attached hydrogens (tertiary/aromatic N) is 1. The van der Waals surface area contributed by atoms with Gasteiger partial charge in [0, 0.05) is 31.7 Å². The maximum atomic E-state index is 9.06. The van der Waals surface area contributed by atoms with Crippen molar-refractivity contribution >= 4 is 0 Å². The Morgan fingerprint density at radius 1 is 1.14 bits per heavy atom. The molecule has 0 spiro atoms. The van der Waals surface area contributed by atoms with E-state index in [-0.39, 0.29) is 17.8 Å². The highest BCUT2D eigenvalue weighted by atomic mass is 16.5. The van der Waals surface area contributed by atoms with E-state index in [0.29, 0.717) is 12.0 Å². The van der Waals surface area contributed by atoms with Crippen molar-refractivity contribution in [3.63, 3.8) is 0 Å². The van der Waals surface area contributed by atoms with Gasteiger partial charge in [0.15, 0.2) is 0 Å². The summed E-state index contributed by atoms with van der Waals surface area (Å²) in [5.41, 5.74) is -0.263. The molecule has 1 aliphatic heterocycles. The first-order valence-electron chi connectivity index (χ1n) is 8.55. The fraction of sp³-hybridized carbons (Fsp3) is 1.00. The molecule has 4 nitrogen and oxygen atoms in total. The van der Waals surface area contributed by atoms with E-state index in [9.17, 15) is 0 Å². The molecule has 0 radical (unpaired) electrons. The van der Waals surface area contributed by atoms with Crippen molar-refractivity contribution in [2.24, 2.45) is 5.92 Å². The van der Waals surface area contributed by atoms with E-state index in [2.05, 4.69) is 51.8 Å². The van der Waals surface area contributed by atoms with Gasteiger partial charge in [-0.25, -0.2) is 0 Å². The molecule has 0 bridgehead atoms. The Hall–Kier alpha value is -0.160. The van der Waals surface area contributed by atoms with Crippen LogP contribution >= 0.6 is 0 Å². The van der Waals surface area contributed by atoms with E-state index < -0.39 is 0 Å². The largest absolute Gasteiger partial charge is 0.396 e. The molecule has 4 heteroatoms. The van der Waals surface area contributed by atoms with Gasteiger partial charge in [0.05, 0.1) is 11.2 Å². The highest BCUT2D eigenvalue weighted by molar-refractivity contribution is 5.06. The van der Waals surface area contributed by atoms with E-state index in [1.807, 2.05) is 0 Å². The number of aliphatic hydroxyl groups is 1. The van der Waals surface area contributed by atoms with Crippen molar-refractivity contribution < 1.29 is 9.84 Å². The molecule has 0 aliphatic carbocycles. The Labute approximate surface area is 131 Å². The summed E-state index contributed by atoms with van der Waals surface area (Å²) in [6.45, 7) is 17.5. The van der Waals surface area contributed by atoms with Crippen molar-refractivity contribution in [2.45, 2.75) is 71.6 Å². The molecule has 2 N–H and O–H groups in total. The average molecular weight is 300 g/mol. The fourth-order valence-corrected chi connectivity index (χ4v) is 3.67. The van der Waals surface area contributed by atoms with Gasteiger partial charge >= 0.3 is 0 Å². The molecule has 0 aromatic heterocycles. The Bertz CT molecular complexity index is 305. The maximum Gasteiger partial charge on any atom is 0.0790 e. The highest BCUT2D eigenvalue weighted by Gasteiger charge is 2.53. The highest BCUT2D eigenvalue weighted by Crippen LogP contribution is 2.42. The molecule has 1 saturated heterocycles. The van der Waals surface area contributed by atoms with Crippen LogP contribution in [0.15, 0.2) is 0 Å². The molecular formula is C17H36N2O2. The minimum absolute atomic E-state index is 0.123. The first-order valence-corrected chi connectivity index (χ1v) is 8.55. The van der Waals surface area contributed by atoms with Crippen LogP contribution in [-0.4, -0.2) is 60.0 Å². The number of rotatable bonds is 9. The van der Waals surface area contributed by atoms with Gasteiger partial charge in [-0.2, -0.15) is 0 Å². The van der Waals surface area contributed by atoms with Crippen LogP contribution in [0, 0.1) is 5.92 Å². The third-order valence-corrected chi connectivity index (χ3v) is 4.72. The Morgan fingerprint density at radius 3 is 2.33 bits per heavy atom. The molecule has 0 aromatic carbocycles. The lowest BCUT2D eigenvalue weighted by atomic mass is 9.82. The van der Waals surface area contributed by atoms with E-state index in [0.717, 1.165) is 39.0 Å². The normalized spacial score (nSPS) is 27.4. The van der Waals surface area contributed by atoms with Gasteiger partial charge in [-0.1, -0.05) is 13.8 Å². The Balaban J connectivity index is 2.81. The fourth-order valence-electron chi connectivity index (χ4n) is 3.67. The molecule has 1 rings (SSSR count). The van der Waals surface area contributed by atoms with Gasteiger partial charge in [-0.3, -0.25) is 0 Å². The lowest BCUT2D eigenvalue weighted by Gasteiger charge is -2.34. The van der Waals surface area contributed by atoms with Crippen LogP contribution < -0.4 is 5.32 Å². The second-order valence-corrected chi connectivity index (χ2v) is 7.32. The molecule has 0 amide bonds. The zero-order valence-electron chi connectivity index (χ0n) is 14.9. The first-order chi connectivity index (χ1) is 9.78. The number of nitrogens with one attached hydrogen (secondary N) is 1. The standard InChI is InChI=1S/C17H36N2O2/c1-7-10-18-15-14(13-19(8-2)11-9-12-20)16(3,4)21-17(15,5)6/h14-15,18,20H,7-13H2,1-6H3. The van der Waals surface area contributed by atoms with Gasteiger partial charge in [-0.05, 0) is 53.6 Å². The summed E-state index contributed by atoms with van der Waals surface area (Å²) in [6.07, 6.45) is 1.99. The molecule has 126 valence electrons. The second kappa shape index (κ2) is 7.91. The van der Waals surface area contributed by atoms with Gasteiger partial charge in [-0.15, -0.1) is 0 Å². The van der Waals surface area contributed by atoms with Crippen LogP contribution in [0.25, 0.3) is 0 Å². The minimum Gasteiger partial charge on any atom is -0.396 e. The van der Waals surface area contributed by atoms with E-state index in [1.54, 1.807) is 0 Å². The lowest BCUT2D eigenvalue weighted by molar-refractivity contribution is -0.0795. The van der Waals surface area contributed by atoms with Gasteiger partial charge < -0.3 is 20.1 Å². The third-order valence-electron chi connectivity index (χ3n) is 4.72. The summed E-state index contributed by atoms with van der Waals surface area (Å²) in [5, 5.41) is 12.8. The topological polar surface area (TPSA) is 44.7 Å². The van der Waals surface area contributed by atoms with Gasteiger partial charge in [0.25, 0.3) is 0 Å². The number of aliphatic hydroxyl groups excluding tert-OH is 1.